The van der Waals surface area contributed by atoms with Crippen LogP contribution >= 0.6 is 0 Å². The van der Waals surface area contributed by atoms with Gasteiger partial charge in [-0.05, 0) is 29.8 Å². The molecule has 1 amide bonds. The predicted molar refractivity (Wildman–Crippen MR) is 99.1 cm³/mol. The molecule has 0 bridgehead atoms. The zero-order valence-electron chi connectivity index (χ0n) is 15.5. The first-order valence-electron chi connectivity index (χ1n) is 8.77. The number of fused-ring (bicyclic) bond motifs is 1. The fraction of sp³-hybridized carbons (Fsp3) is 0.158. The molecule has 4 rings (SSSR count). The zero-order chi connectivity index (χ0) is 22.1. The number of nitrogens with one attached hydrogen (secondary N) is 2. The number of aromatic nitrogens is 3. The number of alkyl halides is 4. The number of anilines is 2. The number of amides is 1. The third kappa shape index (κ3) is 4.17. The molecule has 8 nitrogen and oxygen atoms in total. The van der Waals surface area contributed by atoms with Gasteiger partial charge in [0.05, 0.1) is 11.9 Å². The minimum absolute atomic E-state index is 0.00654. The number of hydrogen-bond acceptors (Lipinski definition) is 7. The third-order valence-electron chi connectivity index (χ3n) is 4.18. The van der Waals surface area contributed by atoms with Crippen LogP contribution in [-0.2, 0) is 6.54 Å². The Bertz CT molecular complexity index is 1110. The minimum Gasteiger partial charge on any atom is -0.421 e. The van der Waals surface area contributed by atoms with Crippen molar-refractivity contribution in [3.8, 4) is 11.5 Å². The number of halogens is 4. The van der Waals surface area contributed by atoms with Gasteiger partial charge in [0.2, 0.25) is 0 Å². The highest BCUT2D eigenvalue weighted by Crippen LogP contribution is 2.47. The molecule has 0 atom stereocenters. The van der Waals surface area contributed by atoms with Crippen LogP contribution in [0.5, 0.6) is 11.5 Å². The molecule has 2 aromatic heterocycles. The molecule has 1 aromatic carbocycles. The van der Waals surface area contributed by atoms with E-state index in [0.29, 0.717) is 12.2 Å². The lowest BCUT2D eigenvalue weighted by Crippen LogP contribution is -2.52. The average Bonchev–Trinajstić information content (AvgIpc) is 2.74. The van der Waals surface area contributed by atoms with E-state index >= 15 is 0 Å². The van der Waals surface area contributed by atoms with Crippen LogP contribution < -0.4 is 20.1 Å². The van der Waals surface area contributed by atoms with Crippen LogP contribution in [0.15, 0.2) is 55.2 Å². The van der Waals surface area contributed by atoms with E-state index in [1.807, 2.05) is 0 Å². The standard InChI is InChI=1S/C19H13F4N5O3/c20-18(21)19(22,23)31-15-7-12(1-2-14(15)30-18)28-17(29)16-13(9-25-10-27-16)26-8-11-3-5-24-6-4-11/h1-7,9-10,26H,8H2,(H,28,29). The second-order valence-corrected chi connectivity index (χ2v) is 6.35. The molecule has 3 heterocycles. The summed E-state index contributed by atoms with van der Waals surface area (Å²) in [5, 5.41) is 5.47. The first-order chi connectivity index (χ1) is 14.7. The van der Waals surface area contributed by atoms with Crippen LogP contribution in [-0.4, -0.2) is 33.1 Å². The van der Waals surface area contributed by atoms with Crippen molar-refractivity contribution in [2.45, 2.75) is 18.8 Å². The van der Waals surface area contributed by atoms with E-state index in [0.717, 1.165) is 17.7 Å². The van der Waals surface area contributed by atoms with Crippen LogP contribution in [0.25, 0.3) is 0 Å². The lowest BCUT2D eigenvalue weighted by molar-refractivity contribution is -0.391. The fourth-order valence-electron chi connectivity index (χ4n) is 2.67. The molecule has 0 saturated carbocycles. The van der Waals surface area contributed by atoms with Gasteiger partial charge in [-0.25, -0.2) is 9.97 Å². The molecule has 0 radical (unpaired) electrons. The number of pyridine rings is 1. The monoisotopic (exact) mass is 435 g/mol. The van der Waals surface area contributed by atoms with E-state index in [9.17, 15) is 22.4 Å². The number of rotatable bonds is 5. The van der Waals surface area contributed by atoms with Crippen LogP contribution in [0.2, 0.25) is 0 Å². The van der Waals surface area contributed by atoms with E-state index < -0.39 is 29.6 Å². The number of hydrogen-bond donors (Lipinski definition) is 2. The quantitative estimate of drug-likeness (QED) is 0.590. The van der Waals surface area contributed by atoms with Crippen LogP contribution in [0, 0.1) is 0 Å². The fourth-order valence-corrected chi connectivity index (χ4v) is 2.67. The maximum absolute atomic E-state index is 13.4. The molecule has 1 aliphatic heterocycles. The number of nitrogens with zero attached hydrogens (tertiary/aromatic N) is 3. The number of carbonyl (C=O) groups excluding carboxylic acids is 1. The van der Waals surface area contributed by atoms with Gasteiger partial charge in [0, 0.05) is 30.7 Å². The van der Waals surface area contributed by atoms with Gasteiger partial charge in [-0.2, -0.15) is 17.6 Å². The van der Waals surface area contributed by atoms with Gasteiger partial charge in [-0.1, -0.05) is 0 Å². The van der Waals surface area contributed by atoms with Gasteiger partial charge in [0.15, 0.2) is 17.2 Å². The summed E-state index contributed by atoms with van der Waals surface area (Å²) in [4.78, 5) is 24.4. The van der Waals surface area contributed by atoms with Gasteiger partial charge in [0.25, 0.3) is 5.91 Å². The van der Waals surface area contributed by atoms with Gasteiger partial charge >= 0.3 is 12.2 Å². The highest BCUT2D eigenvalue weighted by molar-refractivity contribution is 6.06. The summed E-state index contributed by atoms with van der Waals surface area (Å²) < 4.78 is 61.3. The average molecular weight is 435 g/mol. The second-order valence-electron chi connectivity index (χ2n) is 6.35. The van der Waals surface area contributed by atoms with E-state index in [1.165, 1.54) is 18.6 Å². The van der Waals surface area contributed by atoms with Crippen molar-refractivity contribution in [3.05, 3.63) is 66.5 Å². The molecular weight excluding hydrogens is 422 g/mol. The Morgan fingerprint density at radius 2 is 1.68 bits per heavy atom. The van der Waals surface area contributed by atoms with Gasteiger partial charge < -0.3 is 20.1 Å². The summed E-state index contributed by atoms with van der Waals surface area (Å²) in [6.45, 7) is 0.365. The van der Waals surface area contributed by atoms with Crippen molar-refractivity contribution >= 4 is 17.3 Å². The van der Waals surface area contributed by atoms with Crippen molar-refractivity contribution in [1.29, 1.82) is 0 Å². The molecule has 160 valence electrons. The molecule has 0 saturated heterocycles. The molecule has 31 heavy (non-hydrogen) atoms. The first kappa shape index (κ1) is 20.3. The number of benzene rings is 1. The Hall–Kier alpha value is -3.96. The number of ether oxygens (including phenoxy) is 2. The third-order valence-corrected chi connectivity index (χ3v) is 4.18. The van der Waals surface area contributed by atoms with E-state index in [4.69, 9.17) is 0 Å². The van der Waals surface area contributed by atoms with Crippen molar-refractivity contribution in [1.82, 2.24) is 15.0 Å². The minimum atomic E-state index is -4.86. The molecule has 0 aliphatic carbocycles. The Morgan fingerprint density at radius 3 is 2.42 bits per heavy atom. The molecule has 1 aliphatic rings. The smallest absolute Gasteiger partial charge is 0.421 e. The Balaban J connectivity index is 1.51. The molecule has 0 spiro atoms. The van der Waals surface area contributed by atoms with Crippen LogP contribution in [0.1, 0.15) is 16.1 Å². The molecule has 0 unspecified atom stereocenters. The highest BCUT2D eigenvalue weighted by Gasteiger charge is 2.65. The van der Waals surface area contributed by atoms with E-state index in [2.05, 4.69) is 35.1 Å². The van der Waals surface area contributed by atoms with Gasteiger partial charge in [0.1, 0.15) is 6.33 Å². The lowest BCUT2D eigenvalue weighted by Gasteiger charge is -2.31. The van der Waals surface area contributed by atoms with Crippen LogP contribution in [0.4, 0.5) is 28.9 Å². The molecule has 2 N–H and O–H groups in total. The number of carbonyl (C=O) groups is 1. The summed E-state index contributed by atoms with van der Waals surface area (Å²) >= 11 is 0. The molecule has 0 fully saturated rings. The van der Waals surface area contributed by atoms with Gasteiger partial charge in [-0.15, -0.1) is 0 Å². The van der Waals surface area contributed by atoms with E-state index in [1.54, 1.807) is 24.5 Å². The summed E-state index contributed by atoms with van der Waals surface area (Å²) in [7, 11) is 0. The van der Waals surface area contributed by atoms with Crippen molar-refractivity contribution in [3.63, 3.8) is 0 Å². The van der Waals surface area contributed by atoms with E-state index in [-0.39, 0.29) is 11.4 Å². The summed E-state index contributed by atoms with van der Waals surface area (Å²) in [6, 6.07) is 6.69. The topological polar surface area (TPSA) is 98.3 Å². The Labute approximate surface area is 172 Å². The zero-order valence-corrected chi connectivity index (χ0v) is 15.5. The predicted octanol–water partition coefficient (Wildman–Crippen LogP) is 3.69. The van der Waals surface area contributed by atoms with Crippen molar-refractivity contribution in [2.24, 2.45) is 0 Å². The second kappa shape index (κ2) is 7.70. The maximum atomic E-state index is 13.4. The Kier molecular flexibility index (Phi) is 5.05. The Morgan fingerprint density at radius 1 is 0.968 bits per heavy atom. The molecule has 3 aromatic rings. The van der Waals surface area contributed by atoms with Crippen molar-refractivity contribution in [2.75, 3.05) is 10.6 Å². The maximum Gasteiger partial charge on any atom is 0.507 e. The lowest BCUT2D eigenvalue weighted by atomic mass is 10.2. The van der Waals surface area contributed by atoms with Crippen LogP contribution in [0.3, 0.4) is 0 Å². The normalized spacial score (nSPS) is 15.7. The van der Waals surface area contributed by atoms with Gasteiger partial charge in [-0.3, -0.25) is 9.78 Å². The summed E-state index contributed by atoms with van der Waals surface area (Å²) in [5.41, 5.74) is 1.21. The van der Waals surface area contributed by atoms with Crippen molar-refractivity contribution < 1.29 is 31.8 Å². The molecule has 12 heteroatoms. The first-order valence-corrected chi connectivity index (χ1v) is 8.77. The summed E-state index contributed by atoms with van der Waals surface area (Å²) in [5.74, 6) is -1.92. The SMILES string of the molecule is O=C(Nc1ccc2c(c1)OC(F)(F)C(F)(F)O2)c1ncncc1NCc1ccncc1. The largest absolute Gasteiger partial charge is 0.507 e. The highest BCUT2D eigenvalue weighted by atomic mass is 19.3. The summed E-state index contributed by atoms with van der Waals surface area (Å²) in [6.07, 6.45) is -3.88. The molecular formula is C19H13F4N5O3.